The summed E-state index contributed by atoms with van der Waals surface area (Å²) in [5.74, 6) is 0. The Morgan fingerprint density at radius 2 is 1.67 bits per heavy atom. The van der Waals surface area contributed by atoms with Gasteiger partial charge in [0.25, 0.3) is 0 Å². The third-order valence-electron chi connectivity index (χ3n) is 4.44. The van der Waals surface area contributed by atoms with Crippen LogP contribution < -0.4 is 5.73 Å². The molecule has 0 saturated carbocycles. The molecule has 108 valence electrons. The van der Waals surface area contributed by atoms with Crippen LogP contribution in [0, 0.1) is 5.41 Å². The molecule has 18 heavy (non-hydrogen) atoms. The van der Waals surface area contributed by atoms with E-state index in [1.807, 2.05) is 0 Å². The molecule has 0 aromatic heterocycles. The lowest BCUT2D eigenvalue weighted by molar-refractivity contribution is -0.00199. The first-order valence-electron chi connectivity index (χ1n) is 7.29. The van der Waals surface area contributed by atoms with E-state index >= 15 is 0 Å². The second kappa shape index (κ2) is 6.36. The average Bonchev–Trinajstić information content (AvgIpc) is 2.35. The number of hydrogen-bond donors (Lipinski definition) is 1. The third kappa shape index (κ3) is 4.52. The SMILES string of the molecule is CN(C1CCOCC1)C(C)(CN)CCC(C)(C)C. The Bertz CT molecular complexity index is 243. The first-order valence-corrected chi connectivity index (χ1v) is 7.29. The van der Waals surface area contributed by atoms with E-state index in [2.05, 4.69) is 39.6 Å². The summed E-state index contributed by atoms with van der Waals surface area (Å²) in [6.07, 6.45) is 4.67. The number of hydrogen-bond acceptors (Lipinski definition) is 3. The molecule has 0 bridgehead atoms. The van der Waals surface area contributed by atoms with Gasteiger partial charge in [-0.05, 0) is 45.1 Å². The second-order valence-electron chi connectivity index (χ2n) is 7.22. The molecule has 0 radical (unpaired) electrons. The molecule has 1 heterocycles. The van der Waals surface area contributed by atoms with E-state index in [0.29, 0.717) is 11.5 Å². The Hall–Kier alpha value is -0.120. The van der Waals surface area contributed by atoms with Crippen molar-refractivity contribution in [3.05, 3.63) is 0 Å². The normalized spacial score (nSPS) is 22.2. The number of likely N-dealkylation sites (N-methyl/N-ethyl adjacent to an activating group) is 1. The fourth-order valence-corrected chi connectivity index (χ4v) is 2.58. The monoisotopic (exact) mass is 256 g/mol. The van der Waals surface area contributed by atoms with Gasteiger partial charge < -0.3 is 10.5 Å². The minimum absolute atomic E-state index is 0.120. The van der Waals surface area contributed by atoms with E-state index in [4.69, 9.17) is 10.5 Å². The van der Waals surface area contributed by atoms with Crippen LogP contribution in [-0.4, -0.2) is 43.3 Å². The molecule has 0 aromatic carbocycles. The molecule has 0 aliphatic carbocycles. The van der Waals surface area contributed by atoms with Crippen LogP contribution in [-0.2, 0) is 4.74 Å². The quantitative estimate of drug-likeness (QED) is 0.822. The van der Waals surface area contributed by atoms with Crippen LogP contribution in [0.1, 0.15) is 53.4 Å². The van der Waals surface area contributed by atoms with Gasteiger partial charge in [0.2, 0.25) is 0 Å². The maximum atomic E-state index is 6.07. The highest BCUT2D eigenvalue weighted by molar-refractivity contribution is 4.91. The van der Waals surface area contributed by atoms with Gasteiger partial charge in [-0.1, -0.05) is 20.8 Å². The van der Waals surface area contributed by atoms with Crippen molar-refractivity contribution >= 4 is 0 Å². The molecule has 1 fully saturated rings. The molecule has 1 unspecified atom stereocenters. The predicted molar refractivity (Wildman–Crippen MR) is 77.8 cm³/mol. The lowest BCUT2D eigenvalue weighted by atomic mass is 9.82. The van der Waals surface area contributed by atoms with Gasteiger partial charge in [-0.15, -0.1) is 0 Å². The summed E-state index contributed by atoms with van der Waals surface area (Å²) in [6.45, 7) is 11.8. The van der Waals surface area contributed by atoms with Crippen LogP contribution in [0.2, 0.25) is 0 Å². The minimum Gasteiger partial charge on any atom is -0.381 e. The zero-order valence-electron chi connectivity index (χ0n) is 13.0. The van der Waals surface area contributed by atoms with Crippen LogP contribution in [0.25, 0.3) is 0 Å². The van der Waals surface area contributed by atoms with Crippen LogP contribution in [0.3, 0.4) is 0 Å². The maximum Gasteiger partial charge on any atom is 0.0480 e. The zero-order chi connectivity index (χ0) is 13.8. The maximum absolute atomic E-state index is 6.07. The van der Waals surface area contributed by atoms with Gasteiger partial charge in [0.1, 0.15) is 0 Å². The number of rotatable bonds is 5. The Balaban J connectivity index is 2.60. The van der Waals surface area contributed by atoms with E-state index in [0.717, 1.165) is 32.6 Å². The molecule has 2 N–H and O–H groups in total. The van der Waals surface area contributed by atoms with Gasteiger partial charge in [0.15, 0.2) is 0 Å². The largest absolute Gasteiger partial charge is 0.381 e. The highest BCUT2D eigenvalue weighted by Crippen LogP contribution is 2.30. The van der Waals surface area contributed by atoms with Gasteiger partial charge in [0.05, 0.1) is 0 Å². The van der Waals surface area contributed by atoms with Crippen molar-refractivity contribution in [3.8, 4) is 0 Å². The summed E-state index contributed by atoms with van der Waals surface area (Å²) >= 11 is 0. The van der Waals surface area contributed by atoms with E-state index in [9.17, 15) is 0 Å². The number of nitrogens with two attached hydrogens (primary N) is 1. The molecule has 3 nitrogen and oxygen atoms in total. The number of nitrogens with zero attached hydrogens (tertiary/aromatic N) is 1. The van der Waals surface area contributed by atoms with Gasteiger partial charge in [0, 0.05) is 31.3 Å². The molecular formula is C15H32N2O. The van der Waals surface area contributed by atoms with E-state index in [1.165, 1.54) is 12.8 Å². The smallest absolute Gasteiger partial charge is 0.0480 e. The second-order valence-corrected chi connectivity index (χ2v) is 7.22. The van der Waals surface area contributed by atoms with Crippen LogP contribution in [0.5, 0.6) is 0 Å². The topological polar surface area (TPSA) is 38.5 Å². The van der Waals surface area contributed by atoms with E-state index in [1.54, 1.807) is 0 Å². The van der Waals surface area contributed by atoms with Crippen molar-refractivity contribution in [1.82, 2.24) is 4.90 Å². The van der Waals surface area contributed by atoms with Crippen LogP contribution >= 0.6 is 0 Å². The fraction of sp³-hybridized carbons (Fsp3) is 1.00. The van der Waals surface area contributed by atoms with Gasteiger partial charge >= 0.3 is 0 Å². The van der Waals surface area contributed by atoms with Crippen molar-refractivity contribution in [2.75, 3.05) is 26.8 Å². The summed E-state index contributed by atoms with van der Waals surface area (Å²) in [4.78, 5) is 2.52. The first-order chi connectivity index (χ1) is 8.28. The summed E-state index contributed by atoms with van der Waals surface area (Å²) in [5.41, 5.74) is 6.57. The Labute approximate surface area is 113 Å². The van der Waals surface area contributed by atoms with Crippen molar-refractivity contribution in [2.45, 2.75) is 65.0 Å². The van der Waals surface area contributed by atoms with Gasteiger partial charge in [-0.3, -0.25) is 4.90 Å². The van der Waals surface area contributed by atoms with E-state index in [-0.39, 0.29) is 5.54 Å². The Morgan fingerprint density at radius 3 is 2.11 bits per heavy atom. The molecule has 1 atom stereocenters. The Morgan fingerprint density at radius 1 is 1.11 bits per heavy atom. The summed E-state index contributed by atoms with van der Waals surface area (Å²) in [7, 11) is 2.24. The minimum atomic E-state index is 0.120. The average molecular weight is 256 g/mol. The lowest BCUT2D eigenvalue weighted by Gasteiger charge is -2.45. The molecular weight excluding hydrogens is 224 g/mol. The molecule has 0 spiro atoms. The molecule has 1 saturated heterocycles. The molecule has 1 aliphatic heterocycles. The third-order valence-corrected chi connectivity index (χ3v) is 4.44. The molecule has 1 aliphatic rings. The van der Waals surface area contributed by atoms with E-state index < -0.39 is 0 Å². The standard InChI is InChI=1S/C15H32N2O/c1-14(2,3)8-9-15(4,12-16)17(5)13-6-10-18-11-7-13/h13H,6-12,16H2,1-5H3. The van der Waals surface area contributed by atoms with Crippen molar-refractivity contribution < 1.29 is 4.74 Å². The fourth-order valence-electron chi connectivity index (χ4n) is 2.58. The highest BCUT2D eigenvalue weighted by Gasteiger charge is 2.34. The van der Waals surface area contributed by atoms with Crippen molar-refractivity contribution in [1.29, 1.82) is 0 Å². The van der Waals surface area contributed by atoms with Gasteiger partial charge in [-0.25, -0.2) is 0 Å². The molecule has 1 rings (SSSR count). The van der Waals surface area contributed by atoms with Crippen LogP contribution in [0.15, 0.2) is 0 Å². The number of ether oxygens (including phenoxy) is 1. The highest BCUT2D eigenvalue weighted by atomic mass is 16.5. The summed E-state index contributed by atoms with van der Waals surface area (Å²) in [6, 6.07) is 0.632. The lowest BCUT2D eigenvalue weighted by Crippen LogP contribution is -2.55. The molecule has 0 aromatic rings. The van der Waals surface area contributed by atoms with Crippen molar-refractivity contribution in [3.63, 3.8) is 0 Å². The van der Waals surface area contributed by atoms with Gasteiger partial charge in [-0.2, -0.15) is 0 Å². The summed E-state index contributed by atoms with van der Waals surface area (Å²) in [5, 5.41) is 0. The molecule has 3 heteroatoms. The predicted octanol–water partition coefficient (Wildman–Crippen LogP) is 2.64. The Kier molecular flexibility index (Phi) is 5.63. The van der Waals surface area contributed by atoms with Crippen LogP contribution in [0.4, 0.5) is 0 Å². The first kappa shape index (κ1) is 15.9. The summed E-state index contributed by atoms with van der Waals surface area (Å²) < 4.78 is 5.45. The molecule has 0 amide bonds. The van der Waals surface area contributed by atoms with Crippen molar-refractivity contribution in [2.24, 2.45) is 11.1 Å². The zero-order valence-corrected chi connectivity index (χ0v) is 13.0.